The van der Waals surface area contributed by atoms with Crippen molar-refractivity contribution in [1.29, 1.82) is 0 Å². The molecule has 6 heteroatoms. The maximum absolute atomic E-state index is 13.1. The van der Waals surface area contributed by atoms with Crippen LogP contribution in [0.1, 0.15) is 38.2 Å². The second-order valence-electron chi connectivity index (χ2n) is 7.28. The van der Waals surface area contributed by atoms with Crippen LogP contribution in [-0.4, -0.2) is 46.5 Å². The number of amides is 1. The number of ketones is 1. The number of β-amino-alcohol motifs (C(OH)–C–C–N with tert-alkyl or cyclic N) is 1. The topological polar surface area (TPSA) is 66.8 Å². The first kappa shape index (κ1) is 17.6. The Labute approximate surface area is 146 Å². The van der Waals surface area contributed by atoms with E-state index in [1.165, 1.54) is 23.1 Å². The number of piperidine rings is 1. The number of ether oxygens (including phenoxy) is 1. The molecule has 2 aliphatic rings. The highest BCUT2D eigenvalue weighted by atomic mass is 19.1. The minimum absolute atomic E-state index is 0.0358. The molecule has 0 saturated carbocycles. The summed E-state index contributed by atoms with van der Waals surface area (Å²) in [4.78, 5) is 25.9. The van der Waals surface area contributed by atoms with Crippen LogP contribution >= 0.6 is 0 Å². The minimum atomic E-state index is -0.754. The van der Waals surface area contributed by atoms with Crippen molar-refractivity contribution in [3.8, 4) is 0 Å². The predicted octanol–water partition coefficient (Wildman–Crippen LogP) is 2.15. The second kappa shape index (κ2) is 6.59. The Morgan fingerprint density at radius 3 is 2.60 bits per heavy atom. The molecule has 2 atom stereocenters. The molecule has 0 aromatic heterocycles. The van der Waals surface area contributed by atoms with Gasteiger partial charge in [-0.15, -0.1) is 0 Å². The van der Waals surface area contributed by atoms with E-state index in [1.807, 2.05) is 0 Å². The summed E-state index contributed by atoms with van der Waals surface area (Å²) in [5, 5.41) is 10.4. The molecule has 1 N–H and O–H groups in total. The van der Waals surface area contributed by atoms with Crippen LogP contribution in [0.25, 0.3) is 0 Å². The largest absolute Gasteiger partial charge is 0.481 e. The van der Waals surface area contributed by atoms with E-state index in [1.54, 1.807) is 26.0 Å². The van der Waals surface area contributed by atoms with Gasteiger partial charge in [-0.25, -0.2) is 4.39 Å². The van der Waals surface area contributed by atoms with Gasteiger partial charge in [0, 0.05) is 31.5 Å². The summed E-state index contributed by atoms with van der Waals surface area (Å²) in [6.45, 7) is 4.12. The van der Waals surface area contributed by atoms with E-state index in [0.717, 1.165) is 5.56 Å². The Morgan fingerprint density at radius 2 is 2.00 bits per heavy atom. The number of benzene rings is 1. The number of likely N-dealkylation sites (tertiary alicyclic amines) is 1. The van der Waals surface area contributed by atoms with Crippen molar-refractivity contribution in [2.75, 3.05) is 13.1 Å². The smallest absolute Gasteiger partial charge is 0.289 e. The Bertz CT molecular complexity index is 711. The van der Waals surface area contributed by atoms with E-state index >= 15 is 0 Å². The van der Waals surface area contributed by atoms with Crippen LogP contribution in [0.2, 0.25) is 0 Å². The molecule has 134 valence electrons. The summed E-state index contributed by atoms with van der Waals surface area (Å²) in [6.07, 6.45) is 1.28. The van der Waals surface area contributed by atoms with Crippen molar-refractivity contribution in [2.45, 2.75) is 44.3 Å². The van der Waals surface area contributed by atoms with Gasteiger partial charge in [0.2, 0.25) is 0 Å². The Kier molecular flexibility index (Phi) is 4.64. The number of rotatable bonds is 2. The summed E-state index contributed by atoms with van der Waals surface area (Å²) in [6, 6.07) is 6.06. The fourth-order valence-electron chi connectivity index (χ4n) is 3.46. The van der Waals surface area contributed by atoms with Crippen molar-refractivity contribution in [2.24, 2.45) is 0 Å². The van der Waals surface area contributed by atoms with E-state index in [-0.39, 0.29) is 42.2 Å². The molecule has 2 heterocycles. The molecule has 1 fully saturated rings. The Hall–Kier alpha value is -2.21. The van der Waals surface area contributed by atoms with Crippen LogP contribution in [0.3, 0.4) is 0 Å². The molecule has 1 amide bonds. The zero-order valence-corrected chi connectivity index (χ0v) is 14.4. The molecule has 1 aromatic rings. The lowest BCUT2D eigenvalue weighted by Gasteiger charge is -2.38. The van der Waals surface area contributed by atoms with E-state index in [4.69, 9.17) is 4.74 Å². The minimum Gasteiger partial charge on any atom is -0.481 e. The van der Waals surface area contributed by atoms with Gasteiger partial charge in [-0.1, -0.05) is 12.1 Å². The lowest BCUT2D eigenvalue weighted by Crippen LogP contribution is -2.47. The number of carbonyl (C=O) groups excluding carboxylic acids is 2. The first-order valence-corrected chi connectivity index (χ1v) is 8.41. The number of halogens is 1. The van der Waals surface area contributed by atoms with Gasteiger partial charge >= 0.3 is 0 Å². The van der Waals surface area contributed by atoms with Gasteiger partial charge in [-0.3, -0.25) is 9.59 Å². The molecule has 0 aliphatic carbocycles. The van der Waals surface area contributed by atoms with Gasteiger partial charge in [-0.05, 0) is 38.0 Å². The van der Waals surface area contributed by atoms with E-state index in [9.17, 15) is 19.1 Å². The molecule has 1 saturated heterocycles. The predicted molar refractivity (Wildman–Crippen MR) is 89.2 cm³/mol. The van der Waals surface area contributed by atoms with Crippen LogP contribution in [-0.2, 0) is 14.3 Å². The van der Waals surface area contributed by atoms with Gasteiger partial charge in [0.1, 0.15) is 11.4 Å². The summed E-state index contributed by atoms with van der Waals surface area (Å²) in [5.74, 6) is -0.948. The number of aliphatic hydroxyl groups excluding tert-OH is 1. The van der Waals surface area contributed by atoms with Gasteiger partial charge in [0.05, 0.1) is 6.10 Å². The van der Waals surface area contributed by atoms with Crippen LogP contribution in [0, 0.1) is 5.82 Å². The van der Waals surface area contributed by atoms with Crippen LogP contribution in [0.5, 0.6) is 0 Å². The third-order valence-electron chi connectivity index (χ3n) is 4.66. The monoisotopic (exact) mass is 347 g/mol. The number of nitrogens with zero attached hydrogens (tertiary/aromatic N) is 1. The molecule has 1 aromatic carbocycles. The van der Waals surface area contributed by atoms with Gasteiger partial charge < -0.3 is 14.7 Å². The average Bonchev–Trinajstić information content (AvgIpc) is 2.53. The van der Waals surface area contributed by atoms with E-state index < -0.39 is 11.7 Å². The third kappa shape index (κ3) is 3.90. The highest BCUT2D eigenvalue weighted by Gasteiger charge is 2.37. The molecule has 2 aliphatic heterocycles. The van der Waals surface area contributed by atoms with Crippen molar-refractivity contribution in [3.05, 3.63) is 47.5 Å². The lowest BCUT2D eigenvalue weighted by atomic mass is 9.87. The first-order valence-electron chi connectivity index (χ1n) is 8.41. The van der Waals surface area contributed by atoms with Crippen LogP contribution < -0.4 is 0 Å². The first-order chi connectivity index (χ1) is 11.7. The average molecular weight is 347 g/mol. The molecular formula is C19H22FNO4. The number of carbonyl (C=O) groups is 2. The molecule has 0 radical (unpaired) electrons. The van der Waals surface area contributed by atoms with Crippen molar-refractivity contribution < 1.29 is 23.8 Å². The molecule has 5 nitrogen and oxygen atoms in total. The Balaban J connectivity index is 1.69. The SMILES string of the molecule is CC1(C)CC(=O)C=C(C(=O)N2CC[C@@H](c3ccc(F)cc3)[C@H](O)C2)O1. The highest BCUT2D eigenvalue weighted by Crippen LogP contribution is 2.31. The number of hydrogen-bond donors (Lipinski definition) is 1. The van der Waals surface area contributed by atoms with Crippen molar-refractivity contribution >= 4 is 11.7 Å². The maximum Gasteiger partial charge on any atom is 0.289 e. The lowest BCUT2D eigenvalue weighted by molar-refractivity contribution is -0.140. The third-order valence-corrected chi connectivity index (χ3v) is 4.66. The molecular weight excluding hydrogens is 325 g/mol. The Morgan fingerprint density at radius 1 is 1.32 bits per heavy atom. The molecule has 3 rings (SSSR count). The summed E-state index contributed by atoms with van der Waals surface area (Å²) in [7, 11) is 0. The summed E-state index contributed by atoms with van der Waals surface area (Å²) < 4.78 is 18.7. The highest BCUT2D eigenvalue weighted by molar-refractivity contribution is 6.01. The molecule has 0 spiro atoms. The van der Waals surface area contributed by atoms with Crippen LogP contribution in [0.15, 0.2) is 36.1 Å². The fourth-order valence-corrected chi connectivity index (χ4v) is 3.46. The summed E-state index contributed by atoms with van der Waals surface area (Å²) >= 11 is 0. The molecule has 0 bridgehead atoms. The van der Waals surface area contributed by atoms with Gasteiger partial charge in [0.25, 0.3) is 5.91 Å². The van der Waals surface area contributed by atoms with E-state index in [2.05, 4.69) is 0 Å². The van der Waals surface area contributed by atoms with Crippen LogP contribution in [0.4, 0.5) is 4.39 Å². The number of aliphatic hydroxyl groups is 1. The second-order valence-corrected chi connectivity index (χ2v) is 7.28. The number of allylic oxidation sites excluding steroid dienone is 1. The number of hydrogen-bond acceptors (Lipinski definition) is 4. The standard InChI is InChI=1S/C19H22FNO4/c1-19(2)10-14(22)9-17(25-19)18(24)21-8-7-15(16(23)11-21)12-3-5-13(20)6-4-12/h3-6,9,15-16,23H,7-8,10-11H2,1-2H3/t15-,16+/m0/s1. The molecule has 0 unspecified atom stereocenters. The summed E-state index contributed by atoms with van der Waals surface area (Å²) in [5.41, 5.74) is 0.146. The quantitative estimate of drug-likeness (QED) is 0.890. The van der Waals surface area contributed by atoms with Crippen molar-refractivity contribution in [1.82, 2.24) is 4.90 Å². The zero-order chi connectivity index (χ0) is 18.2. The van der Waals surface area contributed by atoms with E-state index in [0.29, 0.717) is 13.0 Å². The van der Waals surface area contributed by atoms with Crippen molar-refractivity contribution in [3.63, 3.8) is 0 Å². The normalized spacial score (nSPS) is 26.0. The zero-order valence-electron chi connectivity index (χ0n) is 14.4. The van der Waals surface area contributed by atoms with Gasteiger partial charge in [0.15, 0.2) is 11.5 Å². The van der Waals surface area contributed by atoms with Gasteiger partial charge in [-0.2, -0.15) is 0 Å². The maximum atomic E-state index is 13.1. The molecule has 25 heavy (non-hydrogen) atoms. The fraction of sp³-hybridized carbons (Fsp3) is 0.474.